The largest absolute Gasteiger partial charge is 0.573 e. The lowest BCUT2D eigenvalue weighted by molar-refractivity contribution is -0.274. The molecule has 24 heavy (non-hydrogen) atoms. The van der Waals surface area contributed by atoms with Crippen LogP contribution in [0.25, 0.3) is 0 Å². The van der Waals surface area contributed by atoms with E-state index in [0.29, 0.717) is 10.8 Å². The van der Waals surface area contributed by atoms with Crippen LogP contribution in [0.2, 0.25) is 0 Å². The monoisotopic (exact) mass is 355 g/mol. The van der Waals surface area contributed by atoms with Gasteiger partial charge in [0.15, 0.2) is 5.11 Å². The van der Waals surface area contributed by atoms with Crippen molar-refractivity contribution in [2.75, 3.05) is 11.9 Å². The van der Waals surface area contributed by atoms with Crippen LogP contribution >= 0.6 is 12.2 Å². The molecule has 1 aromatic carbocycles. The number of benzene rings is 1. The molecule has 4 nitrogen and oxygen atoms in total. The molecule has 0 saturated heterocycles. The van der Waals surface area contributed by atoms with Gasteiger partial charge in [0.05, 0.1) is 6.04 Å². The first-order valence-electron chi connectivity index (χ1n) is 7.42. The van der Waals surface area contributed by atoms with Gasteiger partial charge in [-0.2, -0.15) is 0 Å². The third-order valence-electron chi connectivity index (χ3n) is 3.94. The Hall–Kier alpha value is -2.22. The number of nitrogens with one attached hydrogen (secondary N) is 1. The Morgan fingerprint density at radius 1 is 1.21 bits per heavy atom. The average molecular weight is 355 g/mol. The molecule has 0 fully saturated rings. The number of thiocarbonyl (C=S) groups is 1. The molecule has 8 heteroatoms. The Morgan fingerprint density at radius 2 is 1.92 bits per heavy atom. The molecular weight excluding hydrogens is 339 g/mol. The molecular formula is C16H16F3N3OS. The summed E-state index contributed by atoms with van der Waals surface area (Å²) in [7, 11) is 0. The summed E-state index contributed by atoms with van der Waals surface area (Å²) >= 11 is 5.45. The number of alkyl halides is 3. The molecule has 0 saturated carbocycles. The highest BCUT2D eigenvalue weighted by atomic mass is 32.1. The third-order valence-corrected chi connectivity index (χ3v) is 4.28. The van der Waals surface area contributed by atoms with Crippen molar-refractivity contribution in [2.24, 2.45) is 0 Å². The van der Waals surface area contributed by atoms with Crippen molar-refractivity contribution in [1.82, 2.24) is 9.47 Å². The number of hydrogen-bond donors (Lipinski definition) is 1. The van der Waals surface area contributed by atoms with Crippen molar-refractivity contribution < 1.29 is 17.9 Å². The van der Waals surface area contributed by atoms with Crippen LogP contribution in [0.4, 0.5) is 18.9 Å². The second-order valence-corrected chi connectivity index (χ2v) is 5.88. The van der Waals surface area contributed by atoms with E-state index >= 15 is 0 Å². The summed E-state index contributed by atoms with van der Waals surface area (Å²) in [5.74, 6) is -0.261. The zero-order chi connectivity index (χ0) is 17.3. The zero-order valence-electron chi connectivity index (χ0n) is 12.9. The van der Waals surface area contributed by atoms with E-state index in [-0.39, 0.29) is 11.8 Å². The number of anilines is 1. The highest BCUT2D eigenvalue weighted by Gasteiger charge is 2.31. The van der Waals surface area contributed by atoms with Gasteiger partial charge in [-0.15, -0.1) is 13.2 Å². The van der Waals surface area contributed by atoms with E-state index in [1.165, 1.54) is 30.0 Å². The fourth-order valence-electron chi connectivity index (χ4n) is 2.79. The molecule has 128 valence electrons. The predicted octanol–water partition coefficient (Wildman–Crippen LogP) is 4.16. The van der Waals surface area contributed by atoms with Crippen LogP contribution in [0.3, 0.4) is 0 Å². The Bertz CT molecular complexity index is 727. The summed E-state index contributed by atoms with van der Waals surface area (Å²) in [4.78, 5) is 2.06. The van der Waals surface area contributed by atoms with Crippen molar-refractivity contribution in [3.63, 3.8) is 0 Å². The Kier molecular flexibility index (Phi) is 4.40. The molecule has 0 unspecified atom stereocenters. The molecule has 1 aliphatic heterocycles. The summed E-state index contributed by atoms with van der Waals surface area (Å²) in [6.45, 7) is 3.68. The summed E-state index contributed by atoms with van der Waals surface area (Å²) < 4.78 is 42.5. The maximum absolute atomic E-state index is 12.2. The van der Waals surface area contributed by atoms with E-state index < -0.39 is 6.36 Å². The Labute approximate surface area is 142 Å². The molecule has 3 rings (SSSR count). The van der Waals surface area contributed by atoms with Gasteiger partial charge in [-0.3, -0.25) is 0 Å². The van der Waals surface area contributed by atoms with Crippen molar-refractivity contribution in [3.8, 4) is 5.75 Å². The first-order valence-corrected chi connectivity index (χ1v) is 7.83. The number of rotatable bonds is 2. The number of fused-ring (bicyclic) bond motifs is 1. The standard InChI is InChI=1S/C16H16F3N3OS/c1-11-14-3-2-8-21(14)9-10-22(11)15(24)20-12-4-6-13(7-5-12)23-16(17,18)19/h2-8,11H,9-10H2,1H3,(H,20,24)/t11-/m0/s1. The molecule has 2 heterocycles. The first kappa shape index (κ1) is 16.6. The highest BCUT2D eigenvalue weighted by molar-refractivity contribution is 7.80. The van der Waals surface area contributed by atoms with E-state index in [1.54, 1.807) is 0 Å². The van der Waals surface area contributed by atoms with Crippen LogP contribution in [0.1, 0.15) is 18.7 Å². The lowest BCUT2D eigenvalue weighted by Gasteiger charge is -2.36. The van der Waals surface area contributed by atoms with Gasteiger partial charge in [0, 0.05) is 30.7 Å². The van der Waals surface area contributed by atoms with Gasteiger partial charge in [0.25, 0.3) is 0 Å². The van der Waals surface area contributed by atoms with Gasteiger partial charge < -0.3 is 19.5 Å². The molecule has 1 aliphatic rings. The second kappa shape index (κ2) is 6.35. The lowest BCUT2D eigenvalue weighted by Crippen LogP contribution is -2.42. The summed E-state index contributed by atoms with van der Waals surface area (Å²) in [5.41, 5.74) is 1.79. The SMILES string of the molecule is C[C@H]1c2cccn2CCN1C(=S)Nc1ccc(OC(F)(F)F)cc1. The van der Waals surface area contributed by atoms with Gasteiger partial charge in [0.1, 0.15) is 5.75 Å². The second-order valence-electron chi connectivity index (χ2n) is 5.50. The van der Waals surface area contributed by atoms with E-state index in [0.717, 1.165) is 13.1 Å². The Balaban J connectivity index is 1.65. The van der Waals surface area contributed by atoms with Gasteiger partial charge in [-0.05, 0) is 55.5 Å². The first-order chi connectivity index (χ1) is 11.3. The van der Waals surface area contributed by atoms with Crippen LogP contribution in [0, 0.1) is 0 Å². The molecule has 1 atom stereocenters. The molecule has 0 radical (unpaired) electrons. The van der Waals surface area contributed by atoms with E-state index in [9.17, 15) is 13.2 Å². The minimum absolute atomic E-state index is 0.126. The van der Waals surface area contributed by atoms with Crippen molar-refractivity contribution in [2.45, 2.75) is 25.9 Å². The van der Waals surface area contributed by atoms with Crippen LogP contribution in [-0.2, 0) is 6.54 Å². The number of halogens is 3. The summed E-state index contributed by atoms with van der Waals surface area (Å²) in [5, 5.41) is 3.61. The predicted molar refractivity (Wildman–Crippen MR) is 88.9 cm³/mol. The van der Waals surface area contributed by atoms with Gasteiger partial charge in [-0.1, -0.05) is 0 Å². The number of aromatic nitrogens is 1. The number of hydrogen-bond acceptors (Lipinski definition) is 2. The topological polar surface area (TPSA) is 29.4 Å². The van der Waals surface area contributed by atoms with Crippen LogP contribution in [0.5, 0.6) is 5.75 Å². The maximum atomic E-state index is 12.2. The van der Waals surface area contributed by atoms with E-state index in [2.05, 4.69) is 32.5 Å². The molecule has 1 aromatic heterocycles. The summed E-state index contributed by atoms with van der Waals surface area (Å²) in [6.07, 6.45) is -2.65. The smallest absolute Gasteiger partial charge is 0.406 e. The number of nitrogens with zero attached hydrogens (tertiary/aromatic N) is 2. The molecule has 2 aromatic rings. The molecule has 0 aliphatic carbocycles. The van der Waals surface area contributed by atoms with Crippen molar-refractivity contribution >= 4 is 23.0 Å². The Morgan fingerprint density at radius 3 is 2.58 bits per heavy atom. The highest BCUT2D eigenvalue weighted by Crippen LogP contribution is 2.27. The summed E-state index contributed by atoms with van der Waals surface area (Å²) in [6, 6.07) is 9.71. The normalized spacial score (nSPS) is 17.3. The third kappa shape index (κ3) is 3.64. The minimum Gasteiger partial charge on any atom is -0.406 e. The van der Waals surface area contributed by atoms with Gasteiger partial charge in [-0.25, -0.2) is 0 Å². The van der Waals surface area contributed by atoms with E-state index in [4.69, 9.17) is 12.2 Å². The fraction of sp³-hybridized carbons (Fsp3) is 0.312. The van der Waals surface area contributed by atoms with E-state index in [1.807, 2.05) is 12.3 Å². The fourth-order valence-corrected chi connectivity index (χ4v) is 3.16. The molecule has 0 spiro atoms. The van der Waals surface area contributed by atoms with Gasteiger partial charge >= 0.3 is 6.36 Å². The number of ether oxygens (including phenoxy) is 1. The van der Waals surface area contributed by atoms with Crippen LogP contribution in [-0.4, -0.2) is 27.5 Å². The molecule has 0 amide bonds. The van der Waals surface area contributed by atoms with Crippen molar-refractivity contribution in [3.05, 3.63) is 48.3 Å². The minimum atomic E-state index is -4.69. The lowest BCUT2D eigenvalue weighted by atomic mass is 10.1. The van der Waals surface area contributed by atoms with Crippen LogP contribution in [0.15, 0.2) is 42.6 Å². The maximum Gasteiger partial charge on any atom is 0.573 e. The molecule has 0 bridgehead atoms. The zero-order valence-corrected chi connectivity index (χ0v) is 13.7. The van der Waals surface area contributed by atoms with Gasteiger partial charge in [0.2, 0.25) is 0 Å². The average Bonchev–Trinajstić information content (AvgIpc) is 2.97. The molecule has 1 N–H and O–H groups in total. The quantitative estimate of drug-likeness (QED) is 0.819. The van der Waals surface area contributed by atoms with Crippen molar-refractivity contribution in [1.29, 1.82) is 0 Å². The van der Waals surface area contributed by atoms with Crippen LogP contribution < -0.4 is 10.1 Å².